The van der Waals surface area contributed by atoms with E-state index in [1.165, 1.54) is 17.2 Å². The zero-order chi connectivity index (χ0) is 15.1. The van der Waals surface area contributed by atoms with Gasteiger partial charge in [-0.1, -0.05) is 0 Å². The van der Waals surface area contributed by atoms with Gasteiger partial charge in [0.2, 0.25) is 6.23 Å². The molecular formula is C11H14N5O5. The highest BCUT2D eigenvalue weighted by Crippen LogP contribution is 2.29. The molecule has 21 heavy (non-hydrogen) atoms. The molecule has 0 aliphatic carbocycles. The number of hydrogen-bond acceptors (Lipinski definition) is 9. The third-order valence-corrected chi connectivity index (χ3v) is 3.36. The first-order valence-corrected chi connectivity index (χ1v) is 6.17. The molecule has 10 heteroatoms. The van der Waals surface area contributed by atoms with Crippen molar-refractivity contribution in [3.63, 3.8) is 0 Å². The quantitative estimate of drug-likeness (QED) is 0.395. The molecule has 1 radical (unpaired) electrons. The van der Waals surface area contributed by atoms with E-state index < -0.39 is 31.0 Å². The smallest absolute Gasteiger partial charge is 0.228 e. The number of hydrogen-bond donors (Lipinski definition) is 5. The van der Waals surface area contributed by atoms with Crippen LogP contribution in [0.3, 0.4) is 0 Å². The summed E-state index contributed by atoms with van der Waals surface area (Å²) in [4.78, 5) is 11.8. The molecule has 2 aromatic rings. The van der Waals surface area contributed by atoms with Crippen LogP contribution in [0.25, 0.3) is 11.2 Å². The highest BCUT2D eigenvalue weighted by Gasteiger charge is 2.45. The molecule has 10 nitrogen and oxygen atoms in total. The summed E-state index contributed by atoms with van der Waals surface area (Å²) >= 11 is 0. The van der Waals surface area contributed by atoms with Crippen molar-refractivity contribution >= 4 is 17.0 Å². The summed E-state index contributed by atoms with van der Waals surface area (Å²) in [5.41, 5.74) is 6.25. The number of nitrogens with two attached hydrogens (primary N) is 1. The Balaban J connectivity index is 2.03. The molecule has 0 bridgehead atoms. The van der Waals surface area contributed by atoms with Gasteiger partial charge in [-0.05, 0) is 0 Å². The van der Waals surface area contributed by atoms with Crippen LogP contribution in [0.4, 0.5) is 5.82 Å². The Morgan fingerprint density at radius 2 is 1.95 bits per heavy atom. The second-order valence-electron chi connectivity index (χ2n) is 4.65. The van der Waals surface area contributed by atoms with Crippen molar-refractivity contribution in [1.82, 2.24) is 19.5 Å². The van der Waals surface area contributed by atoms with Crippen molar-refractivity contribution in [2.75, 3.05) is 12.3 Å². The van der Waals surface area contributed by atoms with Gasteiger partial charge < -0.3 is 30.9 Å². The van der Waals surface area contributed by atoms with Crippen LogP contribution in [0.1, 0.15) is 0 Å². The molecule has 1 aliphatic rings. The number of ether oxygens (including phenoxy) is 1. The average molecular weight is 296 g/mol. The first-order chi connectivity index (χ1) is 10.0. The summed E-state index contributed by atoms with van der Waals surface area (Å²) in [5, 5.41) is 38.8. The fraction of sp³-hybridized carbons (Fsp3) is 0.455. The third kappa shape index (κ3) is 2.13. The van der Waals surface area contributed by atoms with E-state index in [2.05, 4.69) is 15.0 Å². The monoisotopic (exact) mass is 296 g/mol. The number of fused-ring (bicyclic) bond motifs is 1. The highest BCUT2D eigenvalue weighted by molar-refractivity contribution is 5.81. The van der Waals surface area contributed by atoms with Crippen molar-refractivity contribution in [2.24, 2.45) is 0 Å². The first kappa shape index (κ1) is 14.1. The van der Waals surface area contributed by atoms with Crippen LogP contribution in [0.2, 0.25) is 0 Å². The number of aromatic nitrogens is 4. The van der Waals surface area contributed by atoms with Crippen LogP contribution in [0.5, 0.6) is 0 Å². The molecule has 4 atom stereocenters. The fourth-order valence-corrected chi connectivity index (χ4v) is 2.21. The SMILES string of the molecule is Nc1ncnc2c1ncn2[C]1O[C@H](CO)[C@H](O)[C@H](O)[C@H]1O. The van der Waals surface area contributed by atoms with Gasteiger partial charge in [0, 0.05) is 0 Å². The molecular weight excluding hydrogens is 282 g/mol. The van der Waals surface area contributed by atoms with Crippen molar-refractivity contribution < 1.29 is 25.2 Å². The minimum absolute atomic E-state index is 0.104. The second-order valence-corrected chi connectivity index (χ2v) is 4.65. The first-order valence-electron chi connectivity index (χ1n) is 6.17. The lowest BCUT2D eigenvalue weighted by atomic mass is 9.98. The van der Waals surface area contributed by atoms with E-state index in [0.717, 1.165) is 0 Å². The van der Waals surface area contributed by atoms with Crippen molar-refractivity contribution in [1.29, 1.82) is 0 Å². The van der Waals surface area contributed by atoms with Crippen LogP contribution in [-0.4, -0.2) is 71.0 Å². The normalized spacial score (nSPS) is 30.9. The molecule has 2 aromatic heterocycles. The predicted molar refractivity (Wildman–Crippen MR) is 68.4 cm³/mol. The van der Waals surface area contributed by atoms with E-state index in [4.69, 9.17) is 10.5 Å². The summed E-state index contributed by atoms with van der Waals surface area (Å²) in [5.74, 6) is 0.156. The number of aliphatic hydroxyl groups is 4. The third-order valence-electron chi connectivity index (χ3n) is 3.36. The summed E-state index contributed by atoms with van der Waals surface area (Å²) in [7, 11) is 0. The molecule has 3 heterocycles. The number of nitrogen functional groups attached to an aromatic ring is 1. The Kier molecular flexibility index (Phi) is 3.47. The minimum Gasteiger partial charge on any atom is -0.394 e. The van der Waals surface area contributed by atoms with Gasteiger partial charge in [0.1, 0.15) is 36.3 Å². The van der Waals surface area contributed by atoms with E-state index >= 15 is 0 Å². The Morgan fingerprint density at radius 3 is 2.67 bits per heavy atom. The van der Waals surface area contributed by atoms with Gasteiger partial charge in [-0.2, -0.15) is 0 Å². The van der Waals surface area contributed by atoms with Crippen LogP contribution in [-0.2, 0) is 4.74 Å². The largest absolute Gasteiger partial charge is 0.394 e. The topological polar surface area (TPSA) is 160 Å². The van der Waals surface area contributed by atoms with Crippen LogP contribution in [0, 0.1) is 6.23 Å². The van der Waals surface area contributed by atoms with E-state index in [9.17, 15) is 20.4 Å². The lowest BCUT2D eigenvalue weighted by Crippen LogP contribution is -2.56. The maximum Gasteiger partial charge on any atom is 0.228 e. The second kappa shape index (κ2) is 5.16. The van der Waals surface area contributed by atoms with Gasteiger partial charge in [-0.25, -0.2) is 15.0 Å². The molecule has 113 valence electrons. The Bertz CT molecular complexity index is 647. The van der Waals surface area contributed by atoms with E-state index in [0.29, 0.717) is 5.52 Å². The Hall–Kier alpha value is -1.85. The molecule has 1 saturated heterocycles. The molecule has 3 rings (SSSR count). The number of rotatable bonds is 2. The van der Waals surface area contributed by atoms with Gasteiger partial charge in [0.15, 0.2) is 11.5 Å². The predicted octanol–water partition coefficient (Wildman–Crippen LogP) is -2.78. The summed E-state index contributed by atoms with van der Waals surface area (Å²) in [6.07, 6.45) is -3.09. The van der Waals surface area contributed by atoms with Gasteiger partial charge in [-0.3, -0.25) is 4.57 Å². The maximum absolute atomic E-state index is 10.0. The van der Waals surface area contributed by atoms with Gasteiger partial charge in [0.25, 0.3) is 0 Å². The number of imidazole rings is 1. The molecule has 0 saturated carbocycles. The van der Waals surface area contributed by atoms with E-state index in [1.54, 1.807) is 0 Å². The van der Waals surface area contributed by atoms with Gasteiger partial charge in [-0.15, -0.1) is 0 Å². The van der Waals surface area contributed by atoms with Crippen LogP contribution >= 0.6 is 0 Å². The molecule has 0 amide bonds. The maximum atomic E-state index is 10.0. The molecule has 1 fully saturated rings. The van der Waals surface area contributed by atoms with E-state index in [1.807, 2.05) is 0 Å². The van der Waals surface area contributed by atoms with Crippen molar-refractivity contribution in [2.45, 2.75) is 24.4 Å². The Morgan fingerprint density at radius 1 is 1.19 bits per heavy atom. The number of aliphatic hydroxyl groups excluding tert-OH is 4. The number of anilines is 1. The minimum atomic E-state index is -1.51. The summed E-state index contributed by atoms with van der Waals surface area (Å²) in [6, 6.07) is 0. The molecule has 0 spiro atoms. The standard InChI is InChI=1S/C11H14N5O5/c12-9-5-10(14-2-13-9)16(3-15-5)11-8(20)7(19)6(18)4(1-17)21-11/h2-4,6-8,17-20H,1H2,(H2,12,13,14)/t4-,6+,7+,8-/m1/s1. The fourth-order valence-electron chi connectivity index (χ4n) is 2.21. The number of nitrogens with zero attached hydrogens (tertiary/aromatic N) is 4. The van der Waals surface area contributed by atoms with Gasteiger partial charge in [0.05, 0.1) is 12.9 Å². The zero-order valence-electron chi connectivity index (χ0n) is 10.7. The average Bonchev–Trinajstić information content (AvgIpc) is 2.91. The van der Waals surface area contributed by atoms with Crippen LogP contribution in [0.15, 0.2) is 12.7 Å². The molecule has 0 aromatic carbocycles. The van der Waals surface area contributed by atoms with E-state index in [-0.39, 0.29) is 17.7 Å². The van der Waals surface area contributed by atoms with Crippen molar-refractivity contribution in [3.05, 3.63) is 18.9 Å². The van der Waals surface area contributed by atoms with Crippen molar-refractivity contribution in [3.8, 4) is 0 Å². The van der Waals surface area contributed by atoms with Gasteiger partial charge >= 0.3 is 0 Å². The lowest BCUT2D eigenvalue weighted by Gasteiger charge is -2.39. The lowest BCUT2D eigenvalue weighted by molar-refractivity contribution is -0.195. The molecule has 0 unspecified atom stereocenters. The van der Waals surface area contributed by atoms with Crippen LogP contribution < -0.4 is 5.73 Å². The Labute approximate surface area is 118 Å². The highest BCUT2D eigenvalue weighted by atomic mass is 16.6. The summed E-state index contributed by atoms with van der Waals surface area (Å²) in [6.45, 7) is -0.530. The molecule has 6 N–H and O–H groups in total. The zero-order valence-corrected chi connectivity index (χ0v) is 10.7. The summed E-state index contributed by atoms with van der Waals surface area (Å²) < 4.78 is 6.64. The molecule has 1 aliphatic heterocycles.